The summed E-state index contributed by atoms with van der Waals surface area (Å²) < 4.78 is 33.5. The van der Waals surface area contributed by atoms with Crippen molar-refractivity contribution in [2.45, 2.75) is 18.4 Å². The van der Waals surface area contributed by atoms with Crippen molar-refractivity contribution >= 4 is 47.7 Å². The molecule has 2 rings (SSSR count). The molecule has 114 valence electrons. The van der Waals surface area contributed by atoms with Crippen molar-refractivity contribution in [3.8, 4) is 0 Å². The monoisotopic (exact) mass is 437 g/mol. The van der Waals surface area contributed by atoms with Crippen LogP contribution in [0.1, 0.15) is 11.3 Å². The van der Waals surface area contributed by atoms with Crippen molar-refractivity contribution in [1.82, 2.24) is 10.3 Å². The molecule has 0 aliphatic rings. The normalized spacial score (nSPS) is 11.6. The first-order valence-corrected chi connectivity index (χ1v) is 8.98. The molecule has 6 nitrogen and oxygen atoms in total. The number of hydrogen-bond donors (Lipinski definition) is 2. The number of nitrogens with zero attached hydrogens (tertiary/aromatic N) is 1. The fourth-order valence-corrected chi connectivity index (χ4v) is 4.20. The number of aromatic nitrogens is 1. The Morgan fingerprint density at radius 1 is 1.33 bits per heavy atom. The molecule has 0 amide bonds. The van der Waals surface area contributed by atoms with Gasteiger partial charge in [-0.15, -0.1) is 0 Å². The maximum Gasteiger partial charge on any atom is 0.267 e. The van der Waals surface area contributed by atoms with E-state index in [-0.39, 0.29) is 15.4 Å². The molecular formula is C12H13Br2N3O3S. The average Bonchev–Trinajstić information content (AvgIpc) is 2.75. The smallest absolute Gasteiger partial charge is 0.267 e. The van der Waals surface area contributed by atoms with Gasteiger partial charge in [0.2, 0.25) is 0 Å². The largest absolute Gasteiger partial charge is 0.451 e. The van der Waals surface area contributed by atoms with Crippen molar-refractivity contribution in [3.63, 3.8) is 0 Å². The zero-order valence-corrected chi connectivity index (χ0v) is 15.3. The minimum atomic E-state index is -3.77. The Balaban J connectivity index is 2.34. The third-order valence-electron chi connectivity index (χ3n) is 2.62. The highest BCUT2D eigenvalue weighted by Crippen LogP contribution is 2.28. The van der Waals surface area contributed by atoms with Crippen LogP contribution in [-0.4, -0.2) is 20.4 Å². The number of pyridine rings is 1. The SMILES string of the molecule is CNCc1cc(S(=O)(=O)Nc2ncc(Br)cc2C)c(Br)o1. The number of anilines is 1. The summed E-state index contributed by atoms with van der Waals surface area (Å²) in [6.07, 6.45) is 1.53. The summed E-state index contributed by atoms with van der Waals surface area (Å²) in [5.74, 6) is 0.798. The standard InChI is InChI=1S/C12H13Br2N3O3S/c1-7-3-8(13)5-16-12(7)17-21(18,19)10-4-9(6-15-2)20-11(10)14/h3-5,15H,6H2,1-2H3,(H,16,17). The van der Waals surface area contributed by atoms with Crippen molar-refractivity contribution in [1.29, 1.82) is 0 Å². The van der Waals surface area contributed by atoms with Crippen LogP contribution in [0.15, 0.2) is 36.8 Å². The summed E-state index contributed by atoms with van der Waals surface area (Å²) in [6, 6.07) is 3.25. The minimum Gasteiger partial charge on any atom is -0.451 e. The summed E-state index contributed by atoms with van der Waals surface area (Å²) in [4.78, 5) is 4.10. The molecule has 21 heavy (non-hydrogen) atoms. The van der Waals surface area contributed by atoms with E-state index < -0.39 is 10.0 Å². The first-order valence-electron chi connectivity index (χ1n) is 5.91. The van der Waals surface area contributed by atoms with Gasteiger partial charge in [-0.05, 0) is 57.5 Å². The first kappa shape index (κ1) is 16.5. The van der Waals surface area contributed by atoms with Crippen LogP contribution < -0.4 is 10.0 Å². The van der Waals surface area contributed by atoms with Crippen molar-refractivity contribution < 1.29 is 12.8 Å². The molecule has 0 unspecified atom stereocenters. The summed E-state index contributed by atoms with van der Waals surface area (Å²) >= 11 is 6.41. The lowest BCUT2D eigenvalue weighted by Crippen LogP contribution is -2.14. The second kappa shape index (κ2) is 6.47. The molecule has 2 aromatic rings. The van der Waals surface area contributed by atoms with Crippen LogP contribution in [0, 0.1) is 6.92 Å². The van der Waals surface area contributed by atoms with Crippen molar-refractivity contribution in [2.24, 2.45) is 0 Å². The van der Waals surface area contributed by atoms with Gasteiger partial charge in [0.25, 0.3) is 10.0 Å². The average molecular weight is 439 g/mol. The quantitative estimate of drug-likeness (QED) is 0.749. The van der Waals surface area contributed by atoms with Crippen LogP contribution in [0.5, 0.6) is 0 Å². The van der Waals surface area contributed by atoms with Crippen LogP contribution in [0.3, 0.4) is 0 Å². The Hall–Kier alpha value is -0.900. The fraction of sp³-hybridized carbons (Fsp3) is 0.250. The van der Waals surface area contributed by atoms with Gasteiger partial charge in [0.1, 0.15) is 16.5 Å². The molecule has 0 spiro atoms. The molecule has 0 aromatic carbocycles. The number of nitrogens with one attached hydrogen (secondary N) is 2. The lowest BCUT2D eigenvalue weighted by Gasteiger charge is -2.08. The summed E-state index contributed by atoms with van der Waals surface area (Å²) in [5.41, 5.74) is 0.711. The van der Waals surface area contributed by atoms with Gasteiger partial charge in [0, 0.05) is 16.7 Å². The van der Waals surface area contributed by atoms with Gasteiger partial charge in [-0.3, -0.25) is 4.72 Å². The predicted octanol–water partition coefficient (Wildman–Crippen LogP) is 3.03. The van der Waals surface area contributed by atoms with Crippen molar-refractivity contribution in [2.75, 3.05) is 11.8 Å². The molecule has 0 bridgehead atoms. The fourth-order valence-electron chi connectivity index (χ4n) is 1.67. The first-order chi connectivity index (χ1) is 9.83. The molecule has 0 aliphatic carbocycles. The van der Waals surface area contributed by atoms with Crippen LogP contribution >= 0.6 is 31.9 Å². The number of sulfonamides is 1. The summed E-state index contributed by atoms with van der Waals surface area (Å²) in [6.45, 7) is 2.20. The van der Waals surface area contributed by atoms with E-state index in [1.807, 2.05) is 0 Å². The van der Waals surface area contributed by atoms with Crippen LogP contribution in [0.2, 0.25) is 0 Å². The van der Waals surface area contributed by atoms with E-state index in [9.17, 15) is 8.42 Å². The Labute approximate surface area is 139 Å². The summed E-state index contributed by atoms with van der Waals surface area (Å²) in [5, 5.41) is 2.89. The number of aryl methyl sites for hydroxylation is 1. The highest BCUT2D eigenvalue weighted by atomic mass is 79.9. The number of furan rings is 1. The van der Waals surface area contributed by atoms with Gasteiger partial charge in [-0.1, -0.05) is 0 Å². The molecule has 0 fully saturated rings. The Bertz CT molecular complexity index is 759. The molecule has 0 atom stereocenters. The second-order valence-electron chi connectivity index (χ2n) is 4.31. The van der Waals surface area contributed by atoms with Crippen molar-refractivity contribution in [3.05, 3.63) is 38.8 Å². The Morgan fingerprint density at radius 2 is 2.05 bits per heavy atom. The van der Waals surface area contributed by atoms with Gasteiger partial charge in [0.15, 0.2) is 4.67 Å². The van der Waals surface area contributed by atoms with Gasteiger partial charge < -0.3 is 9.73 Å². The van der Waals surface area contributed by atoms with Gasteiger partial charge in [-0.2, -0.15) is 0 Å². The van der Waals surface area contributed by atoms with E-state index in [0.717, 1.165) is 4.47 Å². The molecule has 0 aliphatic heterocycles. The Kier molecular flexibility index (Phi) is 5.07. The van der Waals surface area contributed by atoms with Gasteiger partial charge in [-0.25, -0.2) is 13.4 Å². The molecule has 0 radical (unpaired) electrons. The highest BCUT2D eigenvalue weighted by Gasteiger charge is 2.23. The zero-order valence-electron chi connectivity index (χ0n) is 11.3. The van der Waals surface area contributed by atoms with Gasteiger partial charge in [0.05, 0.1) is 6.54 Å². The topological polar surface area (TPSA) is 84.2 Å². The predicted molar refractivity (Wildman–Crippen MR) is 86.7 cm³/mol. The number of hydrogen-bond acceptors (Lipinski definition) is 5. The lowest BCUT2D eigenvalue weighted by molar-refractivity contribution is 0.470. The van der Waals surface area contributed by atoms with E-state index in [0.29, 0.717) is 17.9 Å². The Morgan fingerprint density at radius 3 is 2.67 bits per heavy atom. The highest BCUT2D eigenvalue weighted by molar-refractivity contribution is 9.10. The van der Waals surface area contributed by atoms with E-state index in [4.69, 9.17) is 4.42 Å². The number of halogens is 2. The third-order valence-corrected chi connectivity index (χ3v) is 5.25. The van der Waals surface area contributed by atoms with Gasteiger partial charge >= 0.3 is 0 Å². The maximum absolute atomic E-state index is 12.4. The molecule has 9 heteroatoms. The second-order valence-corrected chi connectivity index (χ2v) is 7.59. The minimum absolute atomic E-state index is 0.0388. The molecule has 2 heterocycles. The van der Waals surface area contributed by atoms with E-state index in [2.05, 4.69) is 46.9 Å². The third kappa shape index (κ3) is 3.85. The summed E-state index contributed by atoms with van der Waals surface area (Å²) in [7, 11) is -2.03. The molecule has 2 aromatic heterocycles. The number of rotatable bonds is 5. The molecule has 2 N–H and O–H groups in total. The zero-order chi connectivity index (χ0) is 15.6. The van der Waals surface area contributed by atoms with E-state index in [1.54, 1.807) is 20.0 Å². The molecule has 0 saturated heterocycles. The van der Waals surface area contributed by atoms with E-state index >= 15 is 0 Å². The maximum atomic E-state index is 12.4. The van der Waals surface area contributed by atoms with Crippen LogP contribution in [-0.2, 0) is 16.6 Å². The van der Waals surface area contributed by atoms with E-state index in [1.165, 1.54) is 12.3 Å². The lowest BCUT2D eigenvalue weighted by atomic mass is 10.3. The molecule has 0 saturated carbocycles. The molecular weight excluding hydrogens is 426 g/mol. The van der Waals surface area contributed by atoms with Crippen LogP contribution in [0.4, 0.5) is 5.82 Å². The van der Waals surface area contributed by atoms with Crippen LogP contribution in [0.25, 0.3) is 0 Å².